The quantitative estimate of drug-likeness (QED) is 0.287. The van der Waals surface area contributed by atoms with Crippen LogP contribution in [0.1, 0.15) is 73.1 Å². The number of unbranched alkanes of at least 4 members (excludes halogenated alkanes) is 1. The van der Waals surface area contributed by atoms with E-state index < -0.39 is 8.80 Å². The second-order valence-electron chi connectivity index (χ2n) is 9.71. The summed E-state index contributed by atoms with van der Waals surface area (Å²) in [6.07, 6.45) is 7.40. The molecular formula is C22H48N2O3SSi. The van der Waals surface area contributed by atoms with Gasteiger partial charge in [0.05, 0.1) is 0 Å². The molecule has 1 aliphatic rings. The van der Waals surface area contributed by atoms with Crippen LogP contribution >= 0.6 is 11.8 Å². The average molecular weight is 449 g/mol. The highest BCUT2D eigenvalue weighted by molar-refractivity contribution is 7.99. The Morgan fingerprint density at radius 1 is 0.897 bits per heavy atom. The van der Waals surface area contributed by atoms with Gasteiger partial charge in [0.2, 0.25) is 0 Å². The Bertz CT molecular complexity index is 424. The fourth-order valence-electron chi connectivity index (χ4n) is 4.78. The van der Waals surface area contributed by atoms with E-state index in [1.807, 2.05) is 0 Å². The van der Waals surface area contributed by atoms with E-state index in [0.29, 0.717) is 6.04 Å². The van der Waals surface area contributed by atoms with Gasteiger partial charge in [-0.15, -0.1) is 0 Å². The van der Waals surface area contributed by atoms with Crippen LogP contribution in [0.3, 0.4) is 0 Å². The van der Waals surface area contributed by atoms with Gasteiger partial charge in [-0.2, -0.15) is 11.8 Å². The fraction of sp³-hybridized carbons (Fsp3) is 1.00. The van der Waals surface area contributed by atoms with Gasteiger partial charge in [-0.05, 0) is 84.4 Å². The van der Waals surface area contributed by atoms with Gasteiger partial charge >= 0.3 is 8.80 Å². The number of thioether (sulfide) groups is 1. The van der Waals surface area contributed by atoms with Crippen molar-refractivity contribution in [3.8, 4) is 0 Å². The van der Waals surface area contributed by atoms with Crippen molar-refractivity contribution in [1.29, 1.82) is 0 Å². The normalized spacial score (nSPS) is 19.8. The van der Waals surface area contributed by atoms with Crippen molar-refractivity contribution in [3.63, 3.8) is 0 Å². The number of hydrogen-bond donors (Lipinski definition) is 1. The van der Waals surface area contributed by atoms with Gasteiger partial charge in [-0.1, -0.05) is 13.3 Å². The van der Waals surface area contributed by atoms with E-state index in [9.17, 15) is 0 Å². The fourth-order valence-corrected chi connectivity index (χ4v) is 7.65. The number of nitrogens with one attached hydrogen (secondary N) is 1. The first-order chi connectivity index (χ1) is 13.6. The summed E-state index contributed by atoms with van der Waals surface area (Å²) in [7, 11) is 2.69. The molecule has 0 saturated carbocycles. The van der Waals surface area contributed by atoms with Crippen LogP contribution < -0.4 is 5.32 Å². The molecule has 1 N–H and O–H groups in total. The first-order valence-corrected chi connectivity index (χ1v) is 14.5. The summed E-state index contributed by atoms with van der Waals surface area (Å²) >= 11 is 2.05. The zero-order chi connectivity index (χ0) is 22.0. The van der Waals surface area contributed by atoms with Crippen LogP contribution in [0.15, 0.2) is 0 Å². The minimum atomic E-state index is -2.40. The van der Waals surface area contributed by atoms with Crippen molar-refractivity contribution < 1.29 is 13.3 Å². The number of hydrogen-bond acceptors (Lipinski definition) is 6. The van der Waals surface area contributed by atoms with Crippen molar-refractivity contribution in [1.82, 2.24) is 10.2 Å². The molecule has 1 saturated heterocycles. The predicted octanol–water partition coefficient (Wildman–Crippen LogP) is 4.79. The molecule has 0 amide bonds. The highest BCUT2D eigenvalue weighted by atomic mass is 32.2. The zero-order valence-corrected chi connectivity index (χ0v) is 22.3. The Morgan fingerprint density at radius 2 is 1.41 bits per heavy atom. The molecule has 1 rings (SSSR count). The highest BCUT2D eigenvalue weighted by Crippen LogP contribution is 2.32. The molecule has 29 heavy (non-hydrogen) atoms. The molecule has 0 radical (unpaired) electrons. The van der Waals surface area contributed by atoms with E-state index in [1.54, 1.807) is 21.3 Å². The average Bonchev–Trinajstić information content (AvgIpc) is 2.64. The number of rotatable bonds is 15. The summed E-state index contributed by atoms with van der Waals surface area (Å²) in [6.45, 7) is 14.2. The number of piperidine rings is 1. The molecule has 0 aromatic carbocycles. The molecule has 0 unspecified atom stereocenters. The lowest BCUT2D eigenvalue weighted by Crippen LogP contribution is -2.62. The van der Waals surface area contributed by atoms with Gasteiger partial charge in [-0.25, -0.2) is 0 Å². The molecule has 0 aromatic rings. The SMILES string of the molecule is CCCCN(CCCSCCC[Si](OC)(OC)OC)C1CC(C)(C)NC(C)(C)C1. The summed E-state index contributed by atoms with van der Waals surface area (Å²) in [5.74, 6) is 2.37. The van der Waals surface area contributed by atoms with Crippen LogP contribution in [-0.4, -0.2) is 76.7 Å². The smallest absolute Gasteiger partial charge is 0.377 e. The maximum absolute atomic E-state index is 5.51. The van der Waals surface area contributed by atoms with Crippen molar-refractivity contribution in [2.45, 2.75) is 96.3 Å². The maximum Gasteiger partial charge on any atom is 0.500 e. The lowest BCUT2D eigenvalue weighted by molar-refractivity contribution is 0.0653. The topological polar surface area (TPSA) is 43.0 Å². The first-order valence-electron chi connectivity index (χ1n) is 11.4. The van der Waals surface area contributed by atoms with Gasteiger partial charge < -0.3 is 23.5 Å². The van der Waals surface area contributed by atoms with Gasteiger partial charge in [0.25, 0.3) is 0 Å². The van der Waals surface area contributed by atoms with Crippen LogP contribution in [0.2, 0.25) is 6.04 Å². The predicted molar refractivity (Wildman–Crippen MR) is 129 cm³/mol. The van der Waals surface area contributed by atoms with Crippen LogP contribution in [-0.2, 0) is 13.3 Å². The van der Waals surface area contributed by atoms with Crippen molar-refractivity contribution in [3.05, 3.63) is 0 Å². The van der Waals surface area contributed by atoms with Crippen LogP contribution in [0, 0.1) is 0 Å². The molecule has 0 atom stereocenters. The monoisotopic (exact) mass is 448 g/mol. The summed E-state index contributed by atoms with van der Waals surface area (Å²) in [5, 5.41) is 3.83. The molecule has 0 bridgehead atoms. The van der Waals surface area contributed by atoms with Gasteiger partial charge in [-0.3, -0.25) is 0 Å². The molecule has 5 nitrogen and oxygen atoms in total. The largest absolute Gasteiger partial charge is 0.500 e. The van der Waals surface area contributed by atoms with Crippen molar-refractivity contribution >= 4 is 20.6 Å². The minimum absolute atomic E-state index is 0.214. The summed E-state index contributed by atoms with van der Waals surface area (Å²) in [5.41, 5.74) is 0.429. The van der Waals surface area contributed by atoms with E-state index in [4.69, 9.17) is 13.3 Å². The Kier molecular flexibility index (Phi) is 12.3. The summed E-state index contributed by atoms with van der Waals surface area (Å²) in [4.78, 5) is 2.78. The standard InChI is InChI=1S/C22H48N2O3SSi/c1-9-10-13-24(20-18-21(2,3)23-22(4,5)19-20)14-11-15-28-16-12-17-29(25-6,26-7)27-8/h20,23H,9-19H2,1-8H3. The Balaban J connectivity index is 2.41. The first kappa shape index (κ1) is 27.4. The van der Waals surface area contributed by atoms with E-state index in [-0.39, 0.29) is 11.1 Å². The molecule has 1 heterocycles. The van der Waals surface area contributed by atoms with Gasteiger partial charge in [0.1, 0.15) is 0 Å². The number of nitrogens with zero attached hydrogens (tertiary/aromatic N) is 1. The molecule has 0 aliphatic carbocycles. The highest BCUT2D eigenvalue weighted by Gasteiger charge is 2.39. The van der Waals surface area contributed by atoms with Crippen LogP contribution in [0.25, 0.3) is 0 Å². The van der Waals surface area contributed by atoms with Gasteiger partial charge in [0, 0.05) is 44.5 Å². The Labute approximate surface area is 186 Å². The van der Waals surface area contributed by atoms with Crippen molar-refractivity contribution in [2.24, 2.45) is 0 Å². The molecule has 0 aromatic heterocycles. The van der Waals surface area contributed by atoms with Crippen molar-refractivity contribution in [2.75, 3.05) is 45.9 Å². The summed E-state index contributed by atoms with van der Waals surface area (Å²) < 4.78 is 16.5. The summed E-state index contributed by atoms with van der Waals surface area (Å²) in [6, 6.07) is 1.58. The lowest BCUT2D eigenvalue weighted by atomic mass is 9.79. The second kappa shape index (κ2) is 13.0. The van der Waals surface area contributed by atoms with E-state index in [2.05, 4.69) is 56.6 Å². The molecule has 1 aliphatic heterocycles. The van der Waals surface area contributed by atoms with Crippen LogP contribution in [0.4, 0.5) is 0 Å². The minimum Gasteiger partial charge on any atom is -0.377 e. The zero-order valence-electron chi connectivity index (χ0n) is 20.4. The molecule has 174 valence electrons. The van der Waals surface area contributed by atoms with Gasteiger partial charge in [0.15, 0.2) is 0 Å². The third kappa shape index (κ3) is 10.0. The van der Waals surface area contributed by atoms with E-state index in [0.717, 1.165) is 18.2 Å². The van der Waals surface area contributed by atoms with Crippen LogP contribution in [0.5, 0.6) is 0 Å². The third-order valence-electron chi connectivity index (χ3n) is 5.92. The second-order valence-corrected chi connectivity index (χ2v) is 14.0. The maximum atomic E-state index is 5.51. The Hall–Kier alpha value is 0.367. The molecule has 0 spiro atoms. The molecular weight excluding hydrogens is 400 g/mol. The lowest BCUT2D eigenvalue weighted by Gasteiger charge is -2.50. The third-order valence-corrected chi connectivity index (χ3v) is 9.91. The van der Waals surface area contributed by atoms with E-state index >= 15 is 0 Å². The van der Waals surface area contributed by atoms with E-state index in [1.165, 1.54) is 50.9 Å². The Morgan fingerprint density at radius 3 is 1.93 bits per heavy atom. The molecule has 1 fully saturated rings. The molecule has 7 heteroatoms.